The highest BCUT2D eigenvalue weighted by Crippen LogP contribution is 2.19. The van der Waals surface area contributed by atoms with Gasteiger partial charge in [-0.3, -0.25) is 9.69 Å². The van der Waals surface area contributed by atoms with Crippen molar-refractivity contribution in [3.8, 4) is 5.75 Å². The van der Waals surface area contributed by atoms with Crippen molar-refractivity contribution in [3.63, 3.8) is 0 Å². The molecule has 1 amide bonds. The fourth-order valence-corrected chi connectivity index (χ4v) is 2.98. The second kappa shape index (κ2) is 7.53. The lowest BCUT2D eigenvalue weighted by Gasteiger charge is -2.32. The quantitative estimate of drug-likeness (QED) is 0.853. The molecule has 0 spiro atoms. The number of piperazine rings is 1. The largest absolute Gasteiger partial charge is 0.481 e. The molecule has 0 saturated carbocycles. The number of anilines is 1. The Kier molecular flexibility index (Phi) is 5.20. The van der Waals surface area contributed by atoms with E-state index in [-0.39, 0.29) is 5.91 Å². The van der Waals surface area contributed by atoms with Crippen LogP contribution in [0.25, 0.3) is 0 Å². The molecule has 5 nitrogen and oxygen atoms in total. The second-order valence-electron chi connectivity index (χ2n) is 5.78. The Morgan fingerprint density at radius 2 is 1.96 bits per heavy atom. The normalized spacial score (nSPS) is 15.9. The monoisotopic (exact) mass is 346 g/mol. The summed E-state index contributed by atoms with van der Waals surface area (Å²) in [6.07, 6.45) is 1.38. The van der Waals surface area contributed by atoms with Crippen molar-refractivity contribution in [2.24, 2.45) is 0 Å². The predicted molar refractivity (Wildman–Crippen MR) is 93.3 cm³/mol. The van der Waals surface area contributed by atoms with Gasteiger partial charge in [-0.05, 0) is 31.2 Å². The number of carbonyl (C=O) groups excluding carboxylic acids is 1. The first-order valence-corrected chi connectivity index (χ1v) is 8.44. The maximum Gasteiger partial charge on any atom is 0.274 e. The molecular weight excluding hydrogens is 326 g/mol. The highest BCUT2D eigenvalue weighted by atomic mass is 35.5. The number of hydrogen-bond donors (Lipinski definition) is 0. The first kappa shape index (κ1) is 16.6. The van der Waals surface area contributed by atoms with Crippen LogP contribution in [-0.2, 0) is 4.79 Å². The van der Waals surface area contributed by atoms with Gasteiger partial charge in [0.1, 0.15) is 18.8 Å². The van der Waals surface area contributed by atoms with Gasteiger partial charge in [0.2, 0.25) is 0 Å². The van der Waals surface area contributed by atoms with Crippen LogP contribution in [0, 0.1) is 0 Å². The molecule has 6 heteroatoms. The van der Waals surface area contributed by atoms with Crippen LogP contribution in [0.4, 0.5) is 5.82 Å². The van der Waals surface area contributed by atoms with Crippen LogP contribution < -0.4 is 14.6 Å². The summed E-state index contributed by atoms with van der Waals surface area (Å²) in [6.45, 7) is 4.75. The Morgan fingerprint density at radius 1 is 1.17 bits per heavy atom. The molecule has 3 rings (SSSR count). The van der Waals surface area contributed by atoms with E-state index in [1.165, 1.54) is 0 Å². The third-order valence-electron chi connectivity index (χ3n) is 4.08. The average Bonchev–Trinajstić information content (AvgIpc) is 2.62. The zero-order valence-corrected chi connectivity index (χ0v) is 14.4. The summed E-state index contributed by atoms with van der Waals surface area (Å²) in [4.78, 5) is 19.9. The van der Waals surface area contributed by atoms with E-state index in [1.54, 1.807) is 25.1 Å². The minimum atomic E-state index is -0.529. The van der Waals surface area contributed by atoms with Crippen LogP contribution in [0.2, 0.25) is 5.02 Å². The summed E-state index contributed by atoms with van der Waals surface area (Å²) in [5.41, 5.74) is 0. The number of aromatic nitrogens is 1. The first-order valence-electron chi connectivity index (χ1n) is 8.06. The molecule has 1 fully saturated rings. The molecule has 1 aromatic heterocycles. The Balaban J connectivity index is 1.55. The SMILES string of the molecule is C[C@@H](Oc1cccc(Cl)c1)C(=O)N1CCN(c2cccc[nH+]2)CC1. The Morgan fingerprint density at radius 3 is 2.62 bits per heavy atom. The summed E-state index contributed by atoms with van der Waals surface area (Å²) in [5, 5.41) is 0.597. The standard InChI is InChI=1S/C18H20ClN3O2/c1-14(24-16-6-4-5-15(19)13-16)18(23)22-11-9-21(10-12-22)17-7-2-3-8-20-17/h2-8,13-14H,9-12H2,1H3/p+1/t14-/m1/s1. The zero-order chi connectivity index (χ0) is 16.9. The maximum absolute atomic E-state index is 12.6. The molecule has 1 atom stereocenters. The number of benzene rings is 1. The van der Waals surface area contributed by atoms with Crippen LogP contribution in [0.5, 0.6) is 5.75 Å². The van der Waals surface area contributed by atoms with E-state index >= 15 is 0 Å². The van der Waals surface area contributed by atoms with Crippen LogP contribution in [0.15, 0.2) is 48.7 Å². The summed E-state index contributed by atoms with van der Waals surface area (Å²) >= 11 is 5.95. The molecule has 1 aliphatic heterocycles. The number of nitrogens with zero attached hydrogens (tertiary/aromatic N) is 2. The molecule has 24 heavy (non-hydrogen) atoms. The Hall–Kier alpha value is -2.27. The van der Waals surface area contributed by atoms with Gasteiger partial charge in [-0.15, -0.1) is 0 Å². The molecule has 1 saturated heterocycles. The summed E-state index contributed by atoms with van der Waals surface area (Å²) in [6, 6.07) is 13.1. The van der Waals surface area contributed by atoms with Gasteiger partial charge in [-0.2, -0.15) is 0 Å². The van der Waals surface area contributed by atoms with Gasteiger partial charge in [-0.25, -0.2) is 4.98 Å². The van der Waals surface area contributed by atoms with E-state index in [1.807, 2.05) is 35.4 Å². The predicted octanol–water partition coefficient (Wildman–Crippen LogP) is 2.27. The lowest BCUT2D eigenvalue weighted by molar-refractivity contribution is -0.364. The van der Waals surface area contributed by atoms with E-state index in [0.29, 0.717) is 23.9 Å². The van der Waals surface area contributed by atoms with E-state index in [4.69, 9.17) is 16.3 Å². The number of hydrogen-bond acceptors (Lipinski definition) is 3. The molecule has 0 bridgehead atoms. The van der Waals surface area contributed by atoms with Gasteiger partial charge in [0.15, 0.2) is 6.10 Å². The van der Waals surface area contributed by atoms with Gasteiger partial charge < -0.3 is 9.64 Å². The van der Waals surface area contributed by atoms with Gasteiger partial charge in [0.05, 0.1) is 19.3 Å². The van der Waals surface area contributed by atoms with Crippen LogP contribution in [0.3, 0.4) is 0 Å². The molecule has 1 aromatic carbocycles. The van der Waals surface area contributed by atoms with Crippen LogP contribution in [0.1, 0.15) is 6.92 Å². The topological polar surface area (TPSA) is 46.9 Å². The third kappa shape index (κ3) is 3.97. The average molecular weight is 347 g/mol. The molecular formula is C18H21ClN3O2+. The fourth-order valence-electron chi connectivity index (χ4n) is 2.80. The molecule has 0 radical (unpaired) electrons. The first-order chi connectivity index (χ1) is 11.6. The molecule has 0 aliphatic carbocycles. The van der Waals surface area contributed by atoms with E-state index < -0.39 is 6.10 Å². The smallest absolute Gasteiger partial charge is 0.274 e. The van der Waals surface area contributed by atoms with Crippen molar-refractivity contribution in [2.45, 2.75) is 13.0 Å². The summed E-state index contributed by atoms with van der Waals surface area (Å²) in [5.74, 6) is 1.69. The Labute approximate surface area is 146 Å². The van der Waals surface area contributed by atoms with Crippen molar-refractivity contribution in [3.05, 3.63) is 53.7 Å². The molecule has 2 heterocycles. The number of pyridine rings is 1. The van der Waals surface area contributed by atoms with Gasteiger partial charge in [0.25, 0.3) is 11.7 Å². The number of aromatic amines is 1. The van der Waals surface area contributed by atoms with Crippen LogP contribution in [-0.4, -0.2) is 43.1 Å². The molecule has 1 N–H and O–H groups in total. The van der Waals surface area contributed by atoms with Crippen molar-refractivity contribution in [1.29, 1.82) is 0 Å². The number of rotatable bonds is 4. The number of carbonyl (C=O) groups is 1. The number of H-pyrrole nitrogens is 1. The van der Waals surface area contributed by atoms with Crippen molar-refractivity contribution >= 4 is 23.3 Å². The number of halogens is 1. The Bertz CT molecular complexity index is 688. The summed E-state index contributed by atoms with van der Waals surface area (Å²) in [7, 11) is 0. The van der Waals surface area contributed by atoms with Crippen molar-refractivity contribution in [1.82, 2.24) is 4.90 Å². The highest BCUT2D eigenvalue weighted by Gasteiger charge is 2.29. The highest BCUT2D eigenvalue weighted by molar-refractivity contribution is 6.30. The number of ether oxygens (including phenoxy) is 1. The molecule has 1 aliphatic rings. The molecule has 126 valence electrons. The second-order valence-corrected chi connectivity index (χ2v) is 6.21. The lowest BCUT2D eigenvalue weighted by atomic mass is 10.2. The van der Waals surface area contributed by atoms with Gasteiger partial charge in [-0.1, -0.05) is 23.7 Å². The van der Waals surface area contributed by atoms with Crippen LogP contribution >= 0.6 is 11.6 Å². The van der Waals surface area contributed by atoms with Crippen molar-refractivity contribution in [2.75, 3.05) is 31.1 Å². The molecule has 2 aromatic rings. The lowest BCUT2D eigenvalue weighted by Crippen LogP contribution is -2.52. The van der Waals surface area contributed by atoms with Crippen molar-refractivity contribution < 1.29 is 14.5 Å². The fraction of sp³-hybridized carbons (Fsp3) is 0.333. The molecule has 0 unspecified atom stereocenters. The number of amides is 1. The minimum Gasteiger partial charge on any atom is -0.481 e. The third-order valence-corrected chi connectivity index (χ3v) is 4.32. The van der Waals surface area contributed by atoms with Gasteiger partial charge in [0, 0.05) is 11.1 Å². The maximum atomic E-state index is 12.6. The minimum absolute atomic E-state index is 0.00617. The van der Waals surface area contributed by atoms with E-state index in [2.05, 4.69) is 9.88 Å². The number of nitrogens with one attached hydrogen (secondary N) is 1. The zero-order valence-electron chi connectivity index (χ0n) is 13.6. The van der Waals surface area contributed by atoms with E-state index in [9.17, 15) is 4.79 Å². The van der Waals surface area contributed by atoms with Gasteiger partial charge >= 0.3 is 0 Å². The van der Waals surface area contributed by atoms with E-state index in [0.717, 1.165) is 18.9 Å². The summed E-state index contributed by atoms with van der Waals surface area (Å²) < 4.78 is 5.73.